The smallest absolute Gasteiger partial charge is 0.272 e. The molecular weight excluding hydrogens is 276 g/mol. The Hall–Kier alpha value is -1.65. The van der Waals surface area contributed by atoms with E-state index in [0.29, 0.717) is 23.7 Å². The average Bonchev–Trinajstić information content (AvgIpc) is 2.53. The first kappa shape index (κ1) is 16.7. The second kappa shape index (κ2) is 7.56. The number of aromatic nitrogens is 2. The molecule has 0 aromatic carbocycles. The van der Waals surface area contributed by atoms with E-state index in [1.807, 2.05) is 11.8 Å². The molecule has 2 heterocycles. The molecule has 0 radical (unpaired) electrons. The third kappa shape index (κ3) is 3.96. The highest BCUT2D eigenvalue weighted by atomic mass is 16.2. The van der Waals surface area contributed by atoms with Crippen LogP contribution in [0.25, 0.3) is 0 Å². The van der Waals surface area contributed by atoms with Gasteiger partial charge >= 0.3 is 0 Å². The van der Waals surface area contributed by atoms with Crippen molar-refractivity contribution in [3.8, 4) is 0 Å². The van der Waals surface area contributed by atoms with Crippen LogP contribution in [0.15, 0.2) is 6.07 Å². The highest BCUT2D eigenvalue weighted by Crippen LogP contribution is 2.22. The summed E-state index contributed by atoms with van der Waals surface area (Å²) in [6.07, 6.45) is 5.40. The molecule has 2 atom stereocenters. The highest BCUT2D eigenvalue weighted by Gasteiger charge is 2.27. The normalized spacial score (nSPS) is 19.8. The van der Waals surface area contributed by atoms with Crippen molar-refractivity contribution in [2.45, 2.75) is 71.9 Å². The van der Waals surface area contributed by atoms with Crippen LogP contribution in [-0.4, -0.2) is 39.4 Å². The number of amides is 1. The molecule has 1 amide bonds. The summed E-state index contributed by atoms with van der Waals surface area (Å²) in [7, 11) is 0. The summed E-state index contributed by atoms with van der Waals surface area (Å²) in [4.78, 5) is 23.7. The first-order valence-corrected chi connectivity index (χ1v) is 8.48. The minimum Gasteiger partial charge on any atom is -0.352 e. The van der Waals surface area contributed by atoms with Crippen molar-refractivity contribution in [2.24, 2.45) is 0 Å². The fraction of sp³-hybridized carbons (Fsp3) is 0.706. The number of hydrogen-bond acceptors (Lipinski definition) is 4. The van der Waals surface area contributed by atoms with Crippen LogP contribution in [0.3, 0.4) is 0 Å². The van der Waals surface area contributed by atoms with Gasteiger partial charge in [-0.05, 0) is 52.0 Å². The van der Waals surface area contributed by atoms with Crippen molar-refractivity contribution < 1.29 is 4.79 Å². The van der Waals surface area contributed by atoms with E-state index in [1.165, 1.54) is 6.42 Å². The summed E-state index contributed by atoms with van der Waals surface area (Å²) in [5.41, 5.74) is 1.34. The maximum absolute atomic E-state index is 12.8. The Balaban J connectivity index is 2.21. The van der Waals surface area contributed by atoms with Gasteiger partial charge in [-0.2, -0.15) is 0 Å². The number of rotatable bonds is 5. The van der Waals surface area contributed by atoms with E-state index >= 15 is 0 Å². The molecule has 1 saturated heterocycles. The first-order valence-electron chi connectivity index (χ1n) is 8.48. The third-order valence-electron chi connectivity index (χ3n) is 4.42. The van der Waals surface area contributed by atoms with E-state index in [2.05, 4.69) is 36.1 Å². The van der Waals surface area contributed by atoms with Crippen LogP contribution >= 0.6 is 0 Å². The van der Waals surface area contributed by atoms with Crippen LogP contribution < -0.4 is 5.32 Å². The molecule has 1 N–H and O–H groups in total. The maximum Gasteiger partial charge on any atom is 0.272 e. The van der Waals surface area contributed by atoms with Gasteiger partial charge in [0.05, 0.1) is 0 Å². The molecule has 5 nitrogen and oxygen atoms in total. The lowest BCUT2D eigenvalue weighted by Gasteiger charge is -2.35. The highest BCUT2D eigenvalue weighted by molar-refractivity contribution is 5.93. The lowest BCUT2D eigenvalue weighted by atomic mass is 9.99. The molecule has 1 aliphatic rings. The minimum absolute atomic E-state index is 0.0456. The Labute approximate surface area is 133 Å². The second-order valence-electron chi connectivity index (χ2n) is 6.23. The van der Waals surface area contributed by atoms with Crippen molar-refractivity contribution in [3.63, 3.8) is 0 Å². The minimum atomic E-state index is 0.0456. The topological polar surface area (TPSA) is 58.1 Å². The van der Waals surface area contributed by atoms with Gasteiger partial charge in [-0.1, -0.05) is 13.8 Å². The molecule has 122 valence electrons. The number of likely N-dealkylation sites (tertiary alicyclic amines) is 1. The second-order valence-corrected chi connectivity index (χ2v) is 6.23. The van der Waals surface area contributed by atoms with Gasteiger partial charge in [-0.25, -0.2) is 9.97 Å². The Bertz CT molecular complexity index is 517. The molecule has 1 aliphatic heterocycles. The van der Waals surface area contributed by atoms with Crippen LogP contribution in [0.4, 0.5) is 5.95 Å². The summed E-state index contributed by atoms with van der Waals surface area (Å²) in [6.45, 7) is 9.10. The van der Waals surface area contributed by atoms with Crippen molar-refractivity contribution in [1.29, 1.82) is 0 Å². The third-order valence-corrected chi connectivity index (χ3v) is 4.42. The maximum atomic E-state index is 12.8. The largest absolute Gasteiger partial charge is 0.352 e. The van der Waals surface area contributed by atoms with Crippen molar-refractivity contribution >= 4 is 11.9 Å². The summed E-state index contributed by atoms with van der Waals surface area (Å²) in [5.74, 6) is 0.604. The Kier molecular flexibility index (Phi) is 5.75. The van der Waals surface area contributed by atoms with Crippen LogP contribution in [-0.2, 0) is 0 Å². The zero-order valence-corrected chi connectivity index (χ0v) is 14.2. The lowest BCUT2D eigenvalue weighted by molar-refractivity contribution is 0.0601. The quantitative estimate of drug-likeness (QED) is 0.905. The van der Waals surface area contributed by atoms with Crippen LogP contribution in [0.5, 0.6) is 0 Å². The van der Waals surface area contributed by atoms with E-state index in [-0.39, 0.29) is 5.91 Å². The summed E-state index contributed by atoms with van der Waals surface area (Å²) < 4.78 is 0. The number of nitrogens with one attached hydrogen (secondary N) is 1. The molecule has 1 fully saturated rings. The van der Waals surface area contributed by atoms with Gasteiger partial charge in [0.1, 0.15) is 5.69 Å². The van der Waals surface area contributed by atoms with Gasteiger partial charge in [0, 0.05) is 24.3 Å². The van der Waals surface area contributed by atoms with Crippen molar-refractivity contribution in [3.05, 3.63) is 17.5 Å². The number of hydrogen-bond donors (Lipinski definition) is 1. The summed E-state index contributed by atoms with van der Waals surface area (Å²) >= 11 is 0. The van der Waals surface area contributed by atoms with Gasteiger partial charge in [0.2, 0.25) is 5.95 Å². The number of nitrogens with zero attached hydrogens (tertiary/aromatic N) is 3. The molecule has 0 spiro atoms. The first-order chi connectivity index (χ1) is 10.5. The molecular formula is C17H28N4O. The molecule has 22 heavy (non-hydrogen) atoms. The number of carbonyl (C=O) groups excluding carboxylic acids is 1. The Morgan fingerprint density at radius 3 is 2.86 bits per heavy atom. The van der Waals surface area contributed by atoms with Gasteiger partial charge in [-0.3, -0.25) is 4.79 Å². The fourth-order valence-electron chi connectivity index (χ4n) is 2.90. The number of aryl methyl sites for hydroxylation is 1. The number of carbonyl (C=O) groups is 1. The van der Waals surface area contributed by atoms with E-state index < -0.39 is 0 Å². The van der Waals surface area contributed by atoms with Gasteiger partial charge in [0.15, 0.2) is 0 Å². The van der Waals surface area contributed by atoms with Crippen LogP contribution in [0.1, 0.15) is 69.1 Å². The zero-order valence-electron chi connectivity index (χ0n) is 14.2. The lowest BCUT2D eigenvalue weighted by Crippen LogP contribution is -2.43. The van der Waals surface area contributed by atoms with Crippen molar-refractivity contribution in [1.82, 2.24) is 14.9 Å². The Morgan fingerprint density at radius 2 is 2.18 bits per heavy atom. The molecule has 2 unspecified atom stereocenters. The van der Waals surface area contributed by atoms with Gasteiger partial charge in [0.25, 0.3) is 5.91 Å². The predicted octanol–water partition coefficient (Wildman–Crippen LogP) is 3.40. The molecule has 5 heteroatoms. The summed E-state index contributed by atoms with van der Waals surface area (Å²) in [5, 5.41) is 3.26. The van der Waals surface area contributed by atoms with Crippen LogP contribution in [0.2, 0.25) is 0 Å². The standard InChI is InChI=1S/C17H28N4O/c1-5-12(3)18-17-19-13(4)11-15(20-17)16(22)21-10-8-7-9-14(21)6-2/h11-12,14H,5-10H2,1-4H3,(H,18,19,20). The fourth-order valence-corrected chi connectivity index (χ4v) is 2.90. The van der Waals surface area contributed by atoms with E-state index in [0.717, 1.165) is 37.9 Å². The van der Waals surface area contributed by atoms with Gasteiger partial charge < -0.3 is 10.2 Å². The number of anilines is 1. The number of piperidine rings is 1. The van der Waals surface area contributed by atoms with Gasteiger partial charge in [-0.15, -0.1) is 0 Å². The molecule has 1 aromatic heterocycles. The Morgan fingerprint density at radius 1 is 1.41 bits per heavy atom. The van der Waals surface area contributed by atoms with E-state index in [1.54, 1.807) is 6.07 Å². The van der Waals surface area contributed by atoms with E-state index in [9.17, 15) is 4.79 Å². The molecule has 1 aromatic rings. The molecule has 0 saturated carbocycles. The SMILES string of the molecule is CCC(C)Nc1nc(C)cc(C(=O)N2CCCCC2CC)n1. The zero-order chi connectivity index (χ0) is 16.1. The molecule has 2 rings (SSSR count). The predicted molar refractivity (Wildman–Crippen MR) is 89.1 cm³/mol. The van der Waals surface area contributed by atoms with Crippen molar-refractivity contribution in [2.75, 3.05) is 11.9 Å². The molecule has 0 aliphatic carbocycles. The van der Waals surface area contributed by atoms with E-state index in [4.69, 9.17) is 0 Å². The monoisotopic (exact) mass is 304 g/mol. The summed E-state index contributed by atoms with van der Waals surface area (Å²) in [6, 6.07) is 2.44. The van der Waals surface area contributed by atoms with Crippen LogP contribution in [0, 0.1) is 6.92 Å². The average molecular weight is 304 g/mol. The molecule has 0 bridgehead atoms.